The first kappa shape index (κ1) is 25.7. The van der Waals surface area contributed by atoms with Crippen molar-refractivity contribution in [2.45, 2.75) is 37.3 Å². The molecular weight excluding hydrogens is 540 g/mol. The highest BCUT2D eigenvalue weighted by Gasteiger charge is 2.49. The first-order valence-corrected chi connectivity index (χ1v) is 13.4. The topological polar surface area (TPSA) is 86.3 Å². The van der Waals surface area contributed by atoms with Gasteiger partial charge in [-0.15, -0.1) is 0 Å². The van der Waals surface area contributed by atoms with Gasteiger partial charge in [0.2, 0.25) is 0 Å². The standard InChI is InChI=1S/C30H24Cl2FN3O3/c31-21-6-2-5-20(15-21)30(10-11-30)29-34-25-9-12-36(16-22(25)27(38)35-29)28(39)26(37)19-4-1-3-17(13-19)18-7-8-24(33)23(32)14-18/h1-8,13-15,26,37H,9-12,16H2,(H,34,35,38)/t26-/m1/s1. The van der Waals surface area contributed by atoms with Crippen molar-refractivity contribution in [2.24, 2.45) is 0 Å². The van der Waals surface area contributed by atoms with Gasteiger partial charge in [0, 0.05) is 18.0 Å². The number of aromatic nitrogens is 2. The Balaban J connectivity index is 1.22. The zero-order chi connectivity index (χ0) is 27.3. The van der Waals surface area contributed by atoms with E-state index < -0.39 is 17.8 Å². The maximum Gasteiger partial charge on any atom is 0.256 e. The minimum atomic E-state index is -1.42. The molecule has 1 atom stereocenters. The molecule has 0 radical (unpaired) electrons. The van der Waals surface area contributed by atoms with E-state index >= 15 is 0 Å². The Kier molecular flexibility index (Phi) is 6.53. The fourth-order valence-electron chi connectivity index (χ4n) is 5.29. The lowest BCUT2D eigenvalue weighted by molar-refractivity contribution is -0.141. The first-order chi connectivity index (χ1) is 18.7. The SMILES string of the molecule is O=C([C@H](O)c1cccc(-c2ccc(F)c(Cl)c2)c1)N1CCc2nc(C3(c4cccc(Cl)c4)CC3)[nH]c(=O)c2C1. The highest BCUT2D eigenvalue weighted by molar-refractivity contribution is 6.31. The molecular formula is C30H24Cl2FN3O3. The number of amides is 1. The van der Waals surface area contributed by atoms with E-state index in [1.165, 1.54) is 17.0 Å². The van der Waals surface area contributed by atoms with Gasteiger partial charge in [-0.2, -0.15) is 0 Å². The molecule has 4 aromatic rings. The number of carbonyl (C=O) groups is 1. The summed E-state index contributed by atoms with van der Waals surface area (Å²) in [6, 6.07) is 18.8. The largest absolute Gasteiger partial charge is 0.378 e. The van der Waals surface area contributed by atoms with Crippen molar-refractivity contribution in [1.29, 1.82) is 0 Å². The summed E-state index contributed by atoms with van der Waals surface area (Å²) in [6.45, 7) is 0.390. The fourth-order valence-corrected chi connectivity index (χ4v) is 5.66. The number of aliphatic hydroxyl groups is 1. The second-order valence-electron chi connectivity index (χ2n) is 10.1. The zero-order valence-electron chi connectivity index (χ0n) is 20.8. The molecule has 2 aliphatic rings. The van der Waals surface area contributed by atoms with Crippen LogP contribution in [0.3, 0.4) is 0 Å². The van der Waals surface area contributed by atoms with Crippen LogP contribution in [0.1, 0.15) is 47.2 Å². The number of nitrogens with one attached hydrogen (secondary N) is 1. The van der Waals surface area contributed by atoms with E-state index in [1.54, 1.807) is 30.3 Å². The third-order valence-corrected chi connectivity index (χ3v) is 8.17. The number of aliphatic hydroxyl groups excluding tert-OH is 1. The number of carbonyl (C=O) groups excluding carboxylic acids is 1. The summed E-state index contributed by atoms with van der Waals surface area (Å²) in [4.78, 5) is 35.7. The Bertz CT molecular complexity index is 1670. The molecule has 0 unspecified atom stereocenters. The van der Waals surface area contributed by atoms with Crippen LogP contribution in [-0.4, -0.2) is 32.4 Å². The minimum Gasteiger partial charge on any atom is -0.378 e. The van der Waals surface area contributed by atoms with Gasteiger partial charge < -0.3 is 15.0 Å². The van der Waals surface area contributed by atoms with Crippen LogP contribution < -0.4 is 5.56 Å². The number of H-pyrrole nitrogens is 1. The van der Waals surface area contributed by atoms with Crippen LogP contribution in [0.4, 0.5) is 4.39 Å². The van der Waals surface area contributed by atoms with E-state index in [0.29, 0.717) is 51.8 Å². The van der Waals surface area contributed by atoms with Crippen LogP contribution in [0.25, 0.3) is 11.1 Å². The van der Waals surface area contributed by atoms with Gasteiger partial charge in [0.1, 0.15) is 11.6 Å². The van der Waals surface area contributed by atoms with Crippen molar-refractivity contribution in [3.63, 3.8) is 0 Å². The van der Waals surface area contributed by atoms with E-state index in [-0.39, 0.29) is 22.5 Å². The molecule has 0 bridgehead atoms. The molecule has 1 amide bonds. The van der Waals surface area contributed by atoms with Crippen LogP contribution >= 0.6 is 23.2 Å². The summed E-state index contributed by atoms with van der Waals surface area (Å²) in [7, 11) is 0. The van der Waals surface area contributed by atoms with Crippen LogP contribution in [0.15, 0.2) is 71.5 Å². The van der Waals surface area contributed by atoms with Gasteiger partial charge in [-0.25, -0.2) is 9.37 Å². The molecule has 1 fully saturated rings. The molecule has 9 heteroatoms. The van der Waals surface area contributed by atoms with Crippen molar-refractivity contribution in [2.75, 3.05) is 6.54 Å². The highest BCUT2D eigenvalue weighted by Crippen LogP contribution is 2.52. The van der Waals surface area contributed by atoms with E-state index in [9.17, 15) is 19.1 Å². The molecule has 3 aromatic carbocycles. The van der Waals surface area contributed by atoms with Crippen LogP contribution in [0.5, 0.6) is 0 Å². The summed E-state index contributed by atoms with van der Waals surface area (Å²) in [5, 5.41) is 11.6. The zero-order valence-corrected chi connectivity index (χ0v) is 22.3. The van der Waals surface area contributed by atoms with Gasteiger partial charge in [-0.05, 0) is 65.4 Å². The highest BCUT2D eigenvalue weighted by atomic mass is 35.5. The van der Waals surface area contributed by atoms with Crippen molar-refractivity contribution in [3.8, 4) is 11.1 Å². The lowest BCUT2D eigenvalue weighted by Crippen LogP contribution is -2.42. The van der Waals surface area contributed by atoms with E-state index in [4.69, 9.17) is 28.2 Å². The summed E-state index contributed by atoms with van der Waals surface area (Å²) >= 11 is 12.1. The molecule has 2 N–H and O–H groups in total. The van der Waals surface area contributed by atoms with Gasteiger partial charge in [0.15, 0.2) is 6.10 Å². The average molecular weight is 564 g/mol. The summed E-state index contributed by atoms with van der Waals surface area (Å²) in [5.74, 6) is -0.396. The van der Waals surface area contributed by atoms with Crippen LogP contribution in [-0.2, 0) is 23.2 Å². The molecule has 198 valence electrons. The van der Waals surface area contributed by atoms with Crippen molar-refractivity contribution < 1.29 is 14.3 Å². The number of hydrogen-bond donors (Lipinski definition) is 2. The third-order valence-electron chi connectivity index (χ3n) is 7.65. The smallest absolute Gasteiger partial charge is 0.256 e. The lowest BCUT2D eigenvalue weighted by atomic mass is 9.94. The predicted octanol–water partition coefficient (Wildman–Crippen LogP) is 5.58. The van der Waals surface area contributed by atoms with E-state index in [1.807, 2.05) is 24.3 Å². The number of nitrogens with zero attached hydrogens (tertiary/aromatic N) is 2. The Labute approximate surface area is 234 Å². The molecule has 39 heavy (non-hydrogen) atoms. The van der Waals surface area contributed by atoms with Crippen molar-refractivity contribution in [1.82, 2.24) is 14.9 Å². The normalized spacial score (nSPS) is 16.5. The Morgan fingerprint density at radius 2 is 1.82 bits per heavy atom. The van der Waals surface area contributed by atoms with Gasteiger partial charge in [-0.1, -0.05) is 59.6 Å². The molecule has 6 nitrogen and oxygen atoms in total. The molecule has 0 saturated heterocycles. The number of benzene rings is 3. The monoisotopic (exact) mass is 563 g/mol. The molecule has 2 heterocycles. The molecule has 0 spiro atoms. The summed E-state index contributed by atoms with van der Waals surface area (Å²) in [5.41, 5.74) is 3.26. The molecule has 1 aliphatic heterocycles. The molecule has 1 saturated carbocycles. The average Bonchev–Trinajstić information content (AvgIpc) is 3.76. The molecule has 6 rings (SSSR count). The van der Waals surface area contributed by atoms with Gasteiger partial charge in [0.05, 0.1) is 28.2 Å². The summed E-state index contributed by atoms with van der Waals surface area (Å²) < 4.78 is 13.6. The number of hydrogen-bond acceptors (Lipinski definition) is 4. The molecule has 1 aromatic heterocycles. The fraction of sp³-hybridized carbons (Fsp3) is 0.233. The Morgan fingerprint density at radius 1 is 1.05 bits per heavy atom. The van der Waals surface area contributed by atoms with Crippen LogP contribution in [0, 0.1) is 5.82 Å². The van der Waals surface area contributed by atoms with Gasteiger partial charge >= 0.3 is 0 Å². The first-order valence-electron chi connectivity index (χ1n) is 12.7. The van der Waals surface area contributed by atoms with E-state index in [2.05, 4.69) is 4.98 Å². The second-order valence-corrected chi connectivity index (χ2v) is 10.9. The number of fused-ring (bicyclic) bond motifs is 1. The van der Waals surface area contributed by atoms with Crippen molar-refractivity contribution >= 4 is 29.1 Å². The quantitative estimate of drug-likeness (QED) is 0.332. The molecule has 1 aliphatic carbocycles. The number of aromatic amines is 1. The number of halogens is 3. The minimum absolute atomic E-state index is 0.0105. The maximum atomic E-state index is 13.6. The lowest BCUT2D eigenvalue weighted by Gasteiger charge is -2.30. The van der Waals surface area contributed by atoms with E-state index in [0.717, 1.165) is 18.4 Å². The Morgan fingerprint density at radius 3 is 2.56 bits per heavy atom. The third kappa shape index (κ3) is 4.75. The van der Waals surface area contributed by atoms with Gasteiger partial charge in [0.25, 0.3) is 11.5 Å². The predicted molar refractivity (Wildman–Crippen MR) is 147 cm³/mol. The summed E-state index contributed by atoms with van der Waals surface area (Å²) in [6.07, 6.45) is 0.723. The number of rotatable bonds is 5. The second kappa shape index (κ2) is 9.90. The van der Waals surface area contributed by atoms with Crippen LogP contribution in [0.2, 0.25) is 10.0 Å². The Hall–Kier alpha value is -3.52. The van der Waals surface area contributed by atoms with Crippen molar-refractivity contribution in [3.05, 3.63) is 121 Å². The maximum absolute atomic E-state index is 13.6. The van der Waals surface area contributed by atoms with Gasteiger partial charge in [-0.3, -0.25) is 9.59 Å².